The van der Waals surface area contributed by atoms with E-state index >= 15 is 0 Å². The Morgan fingerprint density at radius 3 is 1.20 bits per heavy atom. The summed E-state index contributed by atoms with van der Waals surface area (Å²) in [5.74, 6) is 0.876. The third-order valence-corrected chi connectivity index (χ3v) is 32.9. The first-order valence-electron chi connectivity index (χ1n) is 20.5. The fourth-order valence-corrected chi connectivity index (χ4v) is 36.2. The van der Waals surface area contributed by atoms with Gasteiger partial charge in [0.15, 0.2) is 44.8 Å². The molecule has 0 saturated carbocycles. The highest BCUT2D eigenvalue weighted by molar-refractivity contribution is 6.88. The number of unbranched alkanes of at least 4 members (excludes halogenated alkanes) is 5. The topological polar surface area (TPSA) is 107 Å². The first-order chi connectivity index (χ1) is 24.9. The largest absolute Gasteiger partial charge is 0.508 e. The van der Waals surface area contributed by atoms with E-state index in [0.29, 0.717) is 11.3 Å². The number of aliphatic hydroxyl groups excluding tert-OH is 1. The standard InChI is InChI=1S/C40H78O8Si6/c1-44-40-33-36(25-27-39(40)43)23-21-31-52(8,9)48-54(12,13)46-50(4,5)29-19-17-15-14-16-18-28-49(2,3)45-53(10,11)47-51(6,7)30-20-22-35-24-26-38(42)37(32-35)34-41/h24-27,32-33,41-43H,14-23,28-31,34H2,1-13H3. The second kappa shape index (κ2) is 21.6. The predicted octanol–water partition coefficient (Wildman–Crippen LogP) is 11.8. The molecule has 0 radical (unpaired) electrons. The van der Waals surface area contributed by atoms with Crippen molar-refractivity contribution in [2.24, 2.45) is 0 Å². The Bertz CT molecular complexity index is 1310. The van der Waals surface area contributed by atoms with Crippen LogP contribution in [-0.4, -0.2) is 72.8 Å². The van der Waals surface area contributed by atoms with Gasteiger partial charge in [-0.05, 0) is 164 Å². The summed E-state index contributed by atoms with van der Waals surface area (Å²) in [4.78, 5) is 0. The quantitative estimate of drug-likeness (QED) is 0.0602. The molecule has 0 unspecified atom stereocenters. The fraction of sp³-hybridized carbons (Fsp3) is 0.700. The molecule has 2 aromatic rings. The van der Waals surface area contributed by atoms with E-state index in [1.807, 2.05) is 24.3 Å². The molecule has 0 bridgehead atoms. The molecule has 8 nitrogen and oxygen atoms in total. The highest BCUT2D eigenvalue weighted by Gasteiger charge is 2.40. The van der Waals surface area contributed by atoms with Crippen molar-refractivity contribution in [2.75, 3.05) is 7.11 Å². The summed E-state index contributed by atoms with van der Waals surface area (Å²) in [6, 6.07) is 15.7. The molecule has 0 amide bonds. The minimum absolute atomic E-state index is 0.142. The van der Waals surface area contributed by atoms with Gasteiger partial charge < -0.3 is 36.5 Å². The van der Waals surface area contributed by atoms with Crippen molar-refractivity contribution in [3.8, 4) is 17.2 Å². The molecule has 2 aromatic carbocycles. The van der Waals surface area contributed by atoms with Crippen LogP contribution in [0.5, 0.6) is 17.2 Å². The molecule has 310 valence electrons. The molecular formula is C40H78O8Si6. The molecule has 0 fully saturated rings. The van der Waals surface area contributed by atoms with Crippen LogP contribution in [0.25, 0.3) is 0 Å². The molecular weight excluding hydrogens is 777 g/mol. The fourth-order valence-electron chi connectivity index (χ4n) is 7.95. The second-order valence-corrected chi connectivity index (χ2v) is 43.6. The number of methoxy groups -OCH3 is 1. The van der Waals surface area contributed by atoms with Crippen LogP contribution in [0.4, 0.5) is 0 Å². The smallest absolute Gasteiger partial charge is 0.311 e. The van der Waals surface area contributed by atoms with E-state index < -0.39 is 50.4 Å². The first-order valence-corrected chi connectivity index (χ1v) is 38.6. The maximum Gasteiger partial charge on any atom is 0.311 e. The van der Waals surface area contributed by atoms with Crippen LogP contribution in [0.1, 0.15) is 68.1 Å². The van der Waals surface area contributed by atoms with Gasteiger partial charge in [0.25, 0.3) is 0 Å². The third kappa shape index (κ3) is 19.9. The highest BCUT2D eigenvalue weighted by Crippen LogP contribution is 2.31. The van der Waals surface area contributed by atoms with E-state index in [2.05, 4.69) is 78.6 Å². The Morgan fingerprint density at radius 1 is 0.463 bits per heavy atom. The summed E-state index contributed by atoms with van der Waals surface area (Å²) in [6.45, 7) is 27.5. The van der Waals surface area contributed by atoms with E-state index in [0.717, 1.165) is 43.3 Å². The van der Waals surface area contributed by atoms with Gasteiger partial charge in [0.2, 0.25) is 0 Å². The molecule has 2 rings (SSSR count). The van der Waals surface area contributed by atoms with Crippen molar-refractivity contribution in [2.45, 2.75) is 174 Å². The number of rotatable bonds is 27. The molecule has 0 spiro atoms. The number of hydrogen-bond acceptors (Lipinski definition) is 8. The molecule has 0 aromatic heterocycles. The number of aliphatic hydroxyl groups is 1. The molecule has 3 N–H and O–H groups in total. The number of phenols is 2. The average Bonchev–Trinajstić information content (AvgIpc) is 3.01. The van der Waals surface area contributed by atoms with Crippen molar-refractivity contribution in [1.82, 2.24) is 0 Å². The van der Waals surface area contributed by atoms with E-state index in [1.54, 1.807) is 19.2 Å². The van der Waals surface area contributed by atoms with Crippen molar-refractivity contribution >= 4 is 50.4 Å². The van der Waals surface area contributed by atoms with Gasteiger partial charge in [-0.3, -0.25) is 0 Å². The molecule has 0 aliphatic carbocycles. The normalized spacial score (nSPS) is 13.4. The summed E-state index contributed by atoms with van der Waals surface area (Å²) in [6.07, 6.45) is 11.5. The van der Waals surface area contributed by atoms with Crippen LogP contribution in [0.3, 0.4) is 0 Å². The predicted molar refractivity (Wildman–Crippen MR) is 241 cm³/mol. The van der Waals surface area contributed by atoms with Crippen LogP contribution in [0, 0.1) is 0 Å². The molecule has 0 aliphatic heterocycles. The van der Waals surface area contributed by atoms with Crippen molar-refractivity contribution in [3.05, 3.63) is 53.1 Å². The summed E-state index contributed by atoms with van der Waals surface area (Å²) < 4.78 is 32.7. The lowest BCUT2D eigenvalue weighted by Crippen LogP contribution is -2.52. The van der Waals surface area contributed by atoms with Gasteiger partial charge in [0.1, 0.15) is 5.75 Å². The molecule has 0 heterocycles. The van der Waals surface area contributed by atoms with Gasteiger partial charge in [0.05, 0.1) is 13.7 Å². The Kier molecular flexibility index (Phi) is 19.7. The van der Waals surface area contributed by atoms with E-state index in [-0.39, 0.29) is 18.1 Å². The Labute approximate surface area is 336 Å². The number of phenolic OH excluding ortho intramolecular Hbond substituents is 1. The van der Waals surface area contributed by atoms with Crippen LogP contribution in [0.15, 0.2) is 36.4 Å². The van der Waals surface area contributed by atoms with Gasteiger partial charge in [-0.2, -0.15) is 0 Å². The Morgan fingerprint density at radius 2 is 0.815 bits per heavy atom. The van der Waals surface area contributed by atoms with Crippen molar-refractivity contribution in [3.63, 3.8) is 0 Å². The van der Waals surface area contributed by atoms with Crippen LogP contribution < -0.4 is 4.74 Å². The Hall–Kier alpha value is -1.06. The summed E-state index contributed by atoms with van der Waals surface area (Å²) in [5, 5.41) is 29.2. The molecule has 0 aliphatic rings. The molecule has 0 saturated heterocycles. The van der Waals surface area contributed by atoms with Crippen LogP contribution in [0.2, 0.25) is 103 Å². The van der Waals surface area contributed by atoms with E-state index in [4.69, 9.17) is 21.2 Å². The lowest BCUT2D eigenvalue weighted by molar-refractivity contribution is 0.275. The number of aromatic hydroxyl groups is 2. The zero-order valence-corrected chi connectivity index (χ0v) is 42.5. The lowest BCUT2D eigenvalue weighted by Gasteiger charge is -2.39. The maximum absolute atomic E-state index is 9.89. The number of benzene rings is 2. The third-order valence-electron chi connectivity index (χ3n) is 9.94. The summed E-state index contributed by atoms with van der Waals surface area (Å²) in [5.41, 5.74) is 2.92. The van der Waals surface area contributed by atoms with Gasteiger partial charge >= 0.3 is 17.1 Å². The second-order valence-electron chi connectivity index (χ2n) is 18.7. The number of hydrogen-bond donors (Lipinski definition) is 3. The summed E-state index contributed by atoms with van der Waals surface area (Å²) >= 11 is 0. The van der Waals surface area contributed by atoms with Gasteiger partial charge in [0, 0.05) is 5.56 Å². The molecule has 14 heteroatoms. The molecule has 54 heavy (non-hydrogen) atoms. The summed E-state index contributed by atoms with van der Waals surface area (Å²) in [7, 11) is -10.3. The van der Waals surface area contributed by atoms with Gasteiger partial charge in [-0.1, -0.05) is 50.7 Å². The van der Waals surface area contributed by atoms with E-state index in [1.165, 1.54) is 56.2 Å². The van der Waals surface area contributed by atoms with Crippen LogP contribution in [-0.2, 0) is 35.9 Å². The van der Waals surface area contributed by atoms with Crippen molar-refractivity contribution < 1.29 is 36.5 Å². The zero-order chi connectivity index (χ0) is 40.8. The SMILES string of the molecule is COc1cc(CCC[Si](C)(C)O[Si](C)(C)O[Si](C)(C)CCCCCCCC[Si](C)(C)O[Si](C)(C)O[Si](C)(C)CCCc2ccc(O)c(CO)c2)ccc1O. The molecule has 0 atom stereocenters. The average molecular weight is 856 g/mol. The minimum Gasteiger partial charge on any atom is -0.508 e. The van der Waals surface area contributed by atoms with Crippen LogP contribution >= 0.6 is 0 Å². The zero-order valence-electron chi connectivity index (χ0n) is 36.5. The minimum atomic E-state index is -2.25. The van der Waals surface area contributed by atoms with Gasteiger partial charge in [-0.25, -0.2) is 0 Å². The highest BCUT2D eigenvalue weighted by atomic mass is 28.5. The lowest BCUT2D eigenvalue weighted by atomic mass is 10.1. The number of ether oxygens (including phenoxy) is 1. The monoisotopic (exact) mass is 854 g/mol. The van der Waals surface area contributed by atoms with Gasteiger partial charge in [-0.15, -0.1) is 0 Å². The first kappa shape index (κ1) is 49.1. The Balaban J connectivity index is 1.64. The maximum atomic E-state index is 9.89. The van der Waals surface area contributed by atoms with E-state index in [9.17, 15) is 15.3 Å². The van der Waals surface area contributed by atoms with Crippen molar-refractivity contribution in [1.29, 1.82) is 0 Å². The number of aryl methyl sites for hydroxylation is 2.